The first-order chi connectivity index (χ1) is 13.6. The van der Waals surface area contributed by atoms with Gasteiger partial charge < -0.3 is 5.32 Å². The quantitative estimate of drug-likeness (QED) is 0.359. The number of para-hydroxylation sites is 1. The van der Waals surface area contributed by atoms with Crippen molar-refractivity contribution in [1.82, 2.24) is 14.9 Å². The van der Waals surface area contributed by atoms with E-state index >= 15 is 0 Å². The smallest absolute Gasteiger partial charge is 0.262 e. The number of allylic oxidation sites excluding steroid dienone is 1. The Bertz CT molecular complexity index is 1030. The molecule has 5 nitrogen and oxygen atoms in total. The standard InChI is InChI=1S/C22H23N3O2S/c1-3-14-25-21(27)17-12-8-9-13-18(17)24-22(25)28-19(4-2)20(26)23-15-16-10-6-5-7-11-16/h3,5-13,19H,1,4,14-15H2,2H3,(H,23,26). The number of nitrogens with one attached hydrogen (secondary N) is 1. The van der Waals surface area contributed by atoms with Crippen molar-refractivity contribution in [2.75, 3.05) is 0 Å². The lowest BCUT2D eigenvalue weighted by molar-refractivity contribution is -0.120. The minimum absolute atomic E-state index is 0.0658. The summed E-state index contributed by atoms with van der Waals surface area (Å²) in [5, 5.41) is 3.74. The molecule has 3 aromatic rings. The molecule has 0 spiro atoms. The van der Waals surface area contributed by atoms with E-state index in [0.29, 0.717) is 35.6 Å². The molecule has 1 aromatic heterocycles. The van der Waals surface area contributed by atoms with Gasteiger partial charge in [-0.15, -0.1) is 6.58 Å². The molecule has 1 amide bonds. The second-order valence-corrected chi connectivity index (χ2v) is 7.50. The van der Waals surface area contributed by atoms with Gasteiger partial charge in [-0.25, -0.2) is 4.98 Å². The minimum atomic E-state index is -0.340. The van der Waals surface area contributed by atoms with Gasteiger partial charge in [0, 0.05) is 13.1 Å². The second-order valence-electron chi connectivity index (χ2n) is 6.33. The van der Waals surface area contributed by atoms with Crippen LogP contribution in [0.5, 0.6) is 0 Å². The number of rotatable bonds is 8. The molecular weight excluding hydrogens is 370 g/mol. The van der Waals surface area contributed by atoms with Gasteiger partial charge in [0.1, 0.15) is 0 Å². The summed E-state index contributed by atoms with van der Waals surface area (Å²) in [5.41, 5.74) is 1.56. The largest absolute Gasteiger partial charge is 0.351 e. The molecule has 0 fully saturated rings. The van der Waals surface area contributed by atoms with Gasteiger partial charge in [-0.1, -0.05) is 67.2 Å². The first kappa shape index (κ1) is 19.9. The van der Waals surface area contributed by atoms with Crippen molar-refractivity contribution in [2.24, 2.45) is 0 Å². The minimum Gasteiger partial charge on any atom is -0.351 e. The number of hydrogen-bond donors (Lipinski definition) is 1. The molecule has 6 heteroatoms. The Labute approximate surface area is 168 Å². The molecule has 1 heterocycles. The number of amides is 1. The number of benzene rings is 2. The number of aromatic nitrogens is 2. The lowest BCUT2D eigenvalue weighted by Crippen LogP contribution is -2.33. The summed E-state index contributed by atoms with van der Waals surface area (Å²) >= 11 is 1.32. The van der Waals surface area contributed by atoms with Crippen LogP contribution in [0.3, 0.4) is 0 Å². The van der Waals surface area contributed by atoms with Crippen LogP contribution in [-0.4, -0.2) is 20.7 Å². The Morgan fingerprint density at radius 1 is 1.21 bits per heavy atom. The number of thioether (sulfide) groups is 1. The highest BCUT2D eigenvalue weighted by Gasteiger charge is 2.21. The molecule has 2 aromatic carbocycles. The molecule has 0 aliphatic heterocycles. The summed E-state index contributed by atoms with van der Waals surface area (Å²) in [5.74, 6) is -0.0658. The van der Waals surface area contributed by atoms with E-state index in [2.05, 4.69) is 16.9 Å². The van der Waals surface area contributed by atoms with Crippen LogP contribution in [0, 0.1) is 0 Å². The molecule has 1 N–H and O–H groups in total. The summed E-state index contributed by atoms with van der Waals surface area (Å²) in [6.45, 7) is 6.52. The van der Waals surface area contributed by atoms with E-state index in [9.17, 15) is 9.59 Å². The van der Waals surface area contributed by atoms with Crippen LogP contribution in [0.2, 0.25) is 0 Å². The zero-order chi connectivity index (χ0) is 19.9. The van der Waals surface area contributed by atoms with E-state index in [-0.39, 0.29) is 16.7 Å². The SMILES string of the molecule is C=CCn1c(SC(CC)C(=O)NCc2ccccc2)nc2ccccc2c1=O. The van der Waals surface area contributed by atoms with Crippen molar-refractivity contribution in [3.63, 3.8) is 0 Å². The zero-order valence-corrected chi connectivity index (χ0v) is 16.6. The van der Waals surface area contributed by atoms with Crippen LogP contribution >= 0.6 is 11.8 Å². The summed E-state index contributed by atoms with van der Waals surface area (Å²) in [7, 11) is 0. The van der Waals surface area contributed by atoms with Crippen molar-refractivity contribution in [3.8, 4) is 0 Å². The van der Waals surface area contributed by atoms with Gasteiger partial charge in [0.2, 0.25) is 5.91 Å². The molecule has 28 heavy (non-hydrogen) atoms. The number of hydrogen-bond acceptors (Lipinski definition) is 4. The molecule has 144 valence electrons. The molecule has 0 saturated heterocycles. The molecule has 3 rings (SSSR count). The number of carbonyl (C=O) groups excluding carboxylic acids is 1. The second kappa shape index (κ2) is 9.37. The molecule has 0 radical (unpaired) electrons. The Kier molecular flexibility index (Phi) is 6.66. The van der Waals surface area contributed by atoms with Gasteiger partial charge in [-0.2, -0.15) is 0 Å². The highest BCUT2D eigenvalue weighted by atomic mass is 32.2. The fourth-order valence-electron chi connectivity index (χ4n) is 2.88. The van der Waals surface area contributed by atoms with E-state index in [1.165, 1.54) is 11.8 Å². The van der Waals surface area contributed by atoms with Crippen LogP contribution in [0.4, 0.5) is 0 Å². The Morgan fingerprint density at radius 3 is 2.64 bits per heavy atom. The Hall–Kier alpha value is -2.86. The van der Waals surface area contributed by atoms with E-state index in [4.69, 9.17) is 0 Å². The summed E-state index contributed by atoms with van der Waals surface area (Å²) in [6, 6.07) is 17.0. The maximum atomic E-state index is 12.9. The average Bonchev–Trinajstić information content (AvgIpc) is 2.73. The third-order valence-corrected chi connectivity index (χ3v) is 5.71. The third kappa shape index (κ3) is 4.51. The van der Waals surface area contributed by atoms with Crippen LogP contribution in [-0.2, 0) is 17.9 Å². The highest BCUT2D eigenvalue weighted by molar-refractivity contribution is 8.00. The van der Waals surface area contributed by atoms with Gasteiger partial charge in [-0.3, -0.25) is 14.2 Å². The maximum absolute atomic E-state index is 12.9. The van der Waals surface area contributed by atoms with Crippen molar-refractivity contribution >= 4 is 28.6 Å². The molecule has 0 bridgehead atoms. The van der Waals surface area contributed by atoms with Gasteiger partial charge in [-0.05, 0) is 24.1 Å². The summed E-state index contributed by atoms with van der Waals surface area (Å²) in [4.78, 5) is 30.2. The molecular formula is C22H23N3O2S. The molecule has 0 aliphatic rings. The van der Waals surface area contributed by atoms with Gasteiger partial charge >= 0.3 is 0 Å². The Morgan fingerprint density at radius 2 is 1.93 bits per heavy atom. The van der Waals surface area contributed by atoms with Crippen LogP contribution in [0.15, 0.2) is 77.2 Å². The molecule has 1 unspecified atom stereocenters. The summed E-state index contributed by atoms with van der Waals surface area (Å²) < 4.78 is 1.58. The zero-order valence-electron chi connectivity index (χ0n) is 15.8. The molecule has 0 aliphatic carbocycles. The van der Waals surface area contributed by atoms with E-state index in [0.717, 1.165) is 5.56 Å². The van der Waals surface area contributed by atoms with Gasteiger partial charge in [0.25, 0.3) is 5.56 Å². The Balaban J connectivity index is 1.84. The molecule has 1 atom stereocenters. The van der Waals surface area contributed by atoms with Crippen LogP contribution in [0.1, 0.15) is 18.9 Å². The van der Waals surface area contributed by atoms with Crippen LogP contribution in [0.25, 0.3) is 10.9 Å². The fraction of sp³-hybridized carbons (Fsp3) is 0.227. The third-order valence-electron chi connectivity index (χ3n) is 4.36. The van der Waals surface area contributed by atoms with Crippen molar-refractivity contribution < 1.29 is 4.79 Å². The first-order valence-electron chi connectivity index (χ1n) is 9.22. The predicted octanol–water partition coefficient (Wildman–Crippen LogP) is 3.77. The predicted molar refractivity (Wildman–Crippen MR) is 114 cm³/mol. The number of nitrogens with zero attached hydrogens (tertiary/aromatic N) is 2. The van der Waals surface area contributed by atoms with E-state index in [1.807, 2.05) is 55.5 Å². The average molecular weight is 394 g/mol. The normalized spacial score (nSPS) is 11.9. The number of carbonyl (C=O) groups is 1. The van der Waals surface area contributed by atoms with Crippen molar-refractivity contribution in [2.45, 2.75) is 36.8 Å². The highest BCUT2D eigenvalue weighted by Crippen LogP contribution is 2.25. The van der Waals surface area contributed by atoms with Gasteiger partial charge in [0.15, 0.2) is 5.16 Å². The van der Waals surface area contributed by atoms with Crippen LogP contribution < -0.4 is 10.9 Å². The van der Waals surface area contributed by atoms with Crippen molar-refractivity contribution in [3.05, 3.63) is 83.2 Å². The van der Waals surface area contributed by atoms with Crippen molar-refractivity contribution in [1.29, 1.82) is 0 Å². The molecule has 0 saturated carbocycles. The van der Waals surface area contributed by atoms with E-state index in [1.54, 1.807) is 16.7 Å². The van der Waals surface area contributed by atoms with E-state index < -0.39 is 0 Å². The number of fused-ring (bicyclic) bond motifs is 1. The monoisotopic (exact) mass is 393 g/mol. The lowest BCUT2D eigenvalue weighted by atomic mass is 10.2. The summed E-state index contributed by atoms with van der Waals surface area (Å²) in [6.07, 6.45) is 2.29. The lowest BCUT2D eigenvalue weighted by Gasteiger charge is -2.17. The fourth-order valence-corrected chi connectivity index (χ4v) is 3.92. The maximum Gasteiger partial charge on any atom is 0.262 e. The first-order valence-corrected chi connectivity index (χ1v) is 10.1. The van der Waals surface area contributed by atoms with Gasteiger partial charge in [0.05, 0.1) is 16.2 Å². The topological polar surface area (TPSA) is 64.0 Å².